The summed E-state index contributed by atoms with van der Waals surface area (Å²) in [7, 11) is -4.44. The van der Waals surface area contributed by atoms with E-state index in [-0.39, 0.29) is 5.78 Å². The van der Waals surface area contributed by atoms with Gasteiger partial charge in [0.25, 0.3) is 0 Å². The zero-order valence-electron chi connectivity index (χ0n) is 22.6. The Balaban J connectivity index is 2.41. The molecule has 0 saturated heterocycles. The molecule has 1 rings (SSSR count). The van der Waals surface area contributed by atoms with Gasteiger partial charge in [-0.3, -0.25) is 4.79 Å². The van der Waals surface area contributed by atoms with Crippen LogP contribution >= 0.6 is 0 Å². The van der Waals surface area contributed by atoms with E-state index in [0.29, 0.717) is 18.8 Å². The lowest BCUT2D eigenvalue weighted by Crippen LogP contribution is -2.36. The monoisotopic (exact) mass is 526 g/mol. The molecule has 188 valence electrons. The molecule has 0 aromatic heterocycles. The molecule has 9 heteroatoms. The van der Waals surface area contributed by atoms with Gasteiger partial charge < -0.3 is 17.7 Å². The molecule has 0 fully saturated rings. The lowest BCUT2D eigenvalue weighted by molar-refractivity contribution is -0.00426. The molecular weight excluding hydrogens is 481 g/mol. The standard InChI is InChI=1S/C24H46O5Si4/c1-24(2,27-18-12-20-31(4)29-33(8,9)10)23(25)21-13-15-22(16-14-21)26-17-11-19-30(3)28-32(5,6)7/h13-16H,11-12,17-20H2,1-10H3. The van der Waals surface area contributed by atoms with Crippen LogP contribution in [0.25, 0.3) is 0 Å². The van der Waals surface area contributed by atoms with Gasteiger partial charge >= 0.3 is 0 Å². The maximum atomic E-state index is 13.0. The van der Waals surface area contributed by atoms with Crippen LogP contribution in [-0.2, 0) is 13.0 Å². The van der Waals surface area contributed by atoms with Crippen molar-refractivity contribution in [2.75, 3.05) is 13.2 Å². The van der Waals surface area contributed by atoms with E-state index in [4.69, 9.17) is 17.7 Å². The first kappa shape index (κ1) is 30.5. The van der Waals surface area contributed by atoms with Crippen molar-refractivity contribution in [1.82, 2.24) is 0 Å². The van der Waals surface area contributed by atoms with Gasteiger partial charge in [-0.2, -0.15) is 0 Å². The lowest BCUT2D eigenvalue weighted by Gasteiger charge is -2.25. The highest BCUT2D eigenvalue weighted by molar-refractivity contribution is 6.77. The molecule has 0 atom stereocenters. The van der Waals surface area contributed by atoms with Gasteiger partial charge in [0.2, 0.25) is 0 Å². The van der Waals surface area contributed by atoms with Crippen LogP contribution in [0.2, 0.25) is 64.5 Å². The number of ketones is 1. The summed E-state index contributed by atoms with van der Waals surface area (Å²) in [6.07, 6.45) is 1.91. The Bertz CT molecular complexity index is 711. The van der Waals surface area contributed by atoms with Crippen LogP contribution < -0.4 is 4.74 Å². The average Bonchev–Trinajstić information content (AvgIpc) is 2.66. The normalized spacial score (nSPS) is 13.1. The van der Waals surface area contributed by atoms with Crippen molar-refractivity contribution in [2.45, 2.75) is 96.8 Å². The van der Waals surface area contributed by atoms with Gasteiger partial charge in [-0.1, -0.05) is 0 Å². The van der Waals surface area contributed by atoms with E-state index in [9.17, 15) is 4.79 Å². The third-order valence-corrected chi connectivity index (χ3v) is 14.5. The second kappa shape index (κ2) is 13.5. The summed E-state index contributed by atoms with van der Waals surface area (Å²) in [6.45, 7) is 22.8. The molecule has 0 aliphatic heterocycles. The molecule has 33 heavy (non-hydrogen) atoms. The van der Waals surface area contributed by atoms with Crippen molar-refractivity contribution in [1.29, 1.82) is 0 Å². The maximum Gasteiger partial charge on any atom is 0.194 e. The second-order valence-electron chi connectivity index (χ2n) is 11.1. The summed E-state index contributed by atoms with van der Waals surface area (Å²) in [5, 5.41) is 0. The molecule has 0 N–H and O–H groups in total. The molecule has 0 aliphatic rings. The van der Waals surface area contributed by atoms with E-state index in [0.717, 1.165) is 30.7 Å². The van der Waals surface area contributed by atoms with E-state index in [1.165, 1.54) is 0 Å². The quantitative estimate of drug-likeness (QED) is 0.135. The first-order valence-electron chi connectivity index (χ1n) is 12.0. The first-order valence-corrected chi connectivity index (χ1v) is 23.1. The van der Waals surface area contributed by atoms with E-state index in [1.54, 1.807) is 0 Å². The third-order valence-electron chi connectivity index (χ3n) is 4.70. The van der Waals surface area contributed by atoms with Crippen molar-refractivity contribution in [3.63, 3.8) is 0 Å². The van der Waals surface area contributed by atoms with Crippen LogP contribution in [0.5, 0.6) is 5.75 Å². The molecule has 1 aromatic rings. The van der Waals surface area contributed by atoms with E-state index < -0.39 is 40.3 Å². The topological polar surface area (TPSA) is 54.0 Å². The molecule has 0 saturated carbocycles. The minimum absolute atomic E-state index is 0.00357. The summed E-state index contributed by atoms with van der Waals surface area (Å²) < 4.78 is 24.2. The Morgan fingerprint density at radius 3 is 1.73 bits per heavy atom. The van der Waals surface area contributed by atoms with Gasteiger partial charge in [-0.05, 0) is 115 Å². The minimum Gasteiger partial charge on any atom is -0.494 e. The van der Waals surface area contributed by atoms with Crippen LogP contribution in [0.4, 0.5) is 0 Å². The second-order valence-corrected chi connectivity index (χ2v) is 25.0. The maximum absolute atomic E-state index is 13.0. The number of ether oxygens (including phenoxy) is 2. The lowest BCUT2D eigenvalue weighted by atomic mass is 9.96. The molecule has 2 radical (unpaired) electrons. The Labute approximate surface area is 208 Å². The van der Waals surface area contributed by atoms with Gasteiger partial charge in [0.15, 0.2) is 40.5 Å². The highest BCUT2D eigenvalue weighted by Gasteiger charge is 2.29. The zero-order chi connectivity index (χ0) is 25.3. The van der Waals surface area contributed by atoms with E-state index in [2.05, 4.69) is 52.4 Å². The largest absolute Gasteiger partial charge is 0.494 e. The fourth-order valence-corrected chi connectivity index (χ4v) is 13.9. The van der Waals surface area contributed by atoms with Gasteiger partial charge in [0.05, 0.1) is 6.61 Å². The van der Waals surface area contributed by atoms with Crippen molar-refractivity contribution >= 4 is 40.5 Å². The summed E-state index contributed by atoms with van der Waals surface area (Å²) in [4.78, 5) is 13.0. The summed E-state index contributed by atoms with van der Waals surface area (Å²) >= 11 is 0. The van der Waals surface area contributed by atoms with Gasteiger partial charge in [-0.15, -0.1) is 0 Å². The number of hydrogen-bond acceptors (Lipinski definition) is 5. The summed E-state index contributed by atoms with van der Waals surface area (Å²) in [5.74, 6) is 0.789. The number of carbonyl (C=O) groups is 1. The molecule has 0 spiro atoms. The Kier molecular flexibility index (Phi) is 12.5. The molecule has 5 nitrogen and oxygen atoms in total. The fraction of sp³-hybridized carbons (Fsp3) is 0.708. The van der Waals surface area contributed by atoms with Gasteiger partial charge in [0.1, 0.15) is 11.4 Å². The Morgan fingerprint density at radius 1 is 0.818 bits per heavy atom. The molecular formula is C24H46O5Si4. The SMILES string of the molecule is C[Si](CCCOc1ccc(C(=O)C(C)(C)OCCC[Si](C)O[Si](C)(C)C)cc1)O[Si](C)(C)C. The zero-order valence-corrected chi connectivity index (χ0v) is 26.6. The molecule has 0 unspecified atom stereocenters. The predicted molar refractivity (Wildman–Crippen MR) is 147 cm³/mol. The number of Topliss-reactive ketones (excluding diaryl/α,β-unsaturated/α-hetero) is 1. The van der Waals surface area contributed by atoms with Crippen molar-refractivity contribution in [2.24, 2.45) is 0 Å². The highest BCUT2D eigenvalue weighted by atomic mass is 28.4. The molecule has 0 aliphatic carbocycles. The number of carbonyl (C=O) groups excluding carboxylic acids is 1. The van der Waals surface area contributed by atoms with Crippen LogP contribution in [0.1, 0.15) is 37.0 Å². The first-order chi connectivity index (χ1) is 15.1. The van der Waals surface area contributed by atoms with Crippen LogP contribution in [0.15, 0.2) is 24.3 Å². The molecule has 0 bridgehead atoms. The molecule has 1 aromatic carbocycles. The molecule has 0 amide bonds. The number of benzene rings is 1. The van der Waals surface area contributed by atoms with Gasteiger partial charge in [0, 0.05) is 12.2 Å². The van der Waals surface area contributed by atoms with E-state index >= 15 is 0 Å². The van der Waals surface area contributed by atoms with Crippen molar-refractivity contribution in [3.8, 4) is 5.75 Å². The van der Waals surface area contributed by atoms with Crippen LogP contribution in [-0.4, -0.2) is 59.3 Å². The Hall–Kier alpha value is -0.562. The predicted octanol–water partition coefficient (Wildman–Crippen LogP) is 6.77. The number of rotatable bonds is 16. The summed E-state index contributed by atoms with van der Waals surface area (Å²) in [6, 6.07) is 9.54. The van der Waals surface area contributed by atoms with Crippen molar-refractivity contribution < 1.29 is 22.5 Å². The van der Waals surface area contributed by atoms with Crippen LogP contribution in [0.3, 0.4) is 0 Å². The minimum atomic E-state index is -1.47. The summed E-state index contributed by atoms with van der Waals surface area (Å²) in [5.41, 5.74) is -0.198. The van der Waals surface area contributed by atoms with Gasteiger partial charge in [-0.25, -0.2) is 0 Å². The van der Waals surface area contributed by atoms with Crippen molar-refractivity contribution in [3.05, 3.63) is 29.8 Å². The number of hydrogen-bond donors (Lipinski definition) is 0. The highest BCUT2D eigenvalue weighted by Crippen LogP contribution is 2.21. The Morgan fingerprint density at radius 2 is 1.27 bits per heavy atom. The van der Waals surface area contributed by atoms with Crippen LogP contribution in [0, 0.1) is 0 Å². The molecule has 0 heterocycles. The van der Waals surface area contributed by atoms with E-state index in [1.807, 2.05) is 38.1 Å². The smallest absolute Gasteiger partial charge is 0.194 e. The third kappa shape index (κ3) is 13.8. The average molecular weight is 527 g/mol. The fourth-order valence-electron chi connectivity index (χ4n) is 3.42.